The number of aromatic nitrogens is 3. The zero-order valence-electron chi connectivity index (χ0n) is 20.2. The second-order valence-corrected chi connectivity index (χ2v) is 11.6. The van der Waals surface area contributed by atoms with Gasteiger partial charge in [0.25, 0.3) is 0 Å². The van der Waals surface area contributed by atoms with Crippen molar-refractivity contribution >= 4 is 47.4 Å². The van der Waals surface area contributed by atoms with Crippen LogP contribution in [-0.4, -0.2) is 52.1 Å². The van der Waals surface area contributed by atoms with Crippen molar-refractivity contribution in [3.63, 3.8) is 0 Å². The van der Waals surface area contributed by atoms with Crippen molar-refractivity contribution in [1.29, 1.82) is 0 Å². The van der Waals surface area contributed by atoms with Gasteiger partial charge in [-0.2, -0.15) is 9.61 Å². The highest BCUT2D eigenvalue weighted by molar-refractivity contribution is 7.21. The third-order valence-electron chi connectivity index (χ3n) is 6.81. The molecular weight excluding hydrogens is 485 g/mol. The molecule has 1 aromatic carbocycles. The van der Waals surface area contributed by atoms with Crippen molar-refractivity contribution in [1.82, 2.24) is 19.5 Å². The number of piperidine rings is 1. The van der Waals surface area contributed by atoms with Crippen LogP contribution in [0.15, 0.2) is 66.2 Å². The van der Waals surface area contributed by atoms with Crippen molar-refractivity contribution in [2.24, 2.45) is 5.92 Å². The Bertz CT molecular complexity index is 1480. The number of para-hydroxylation sites is 1. The number of benzene rings is 1. The van der Waals surface area contributed by atoms with Crippen LogP contribution in [0.3, 0.4) is 0 Å². The molecule has 2 N–H and O–H groups in total. The van der Waals surface area contributed by atoms with Crippen LogP contribution in [0.25, 0.3) is 26.7 Å². The summed E-state index contributed by atoms with van der Waals surface area (Å²) in [4.78, 5) is 11.5. The molecule has 1 aliphatic heterocycles. The number of nitrogens with zero attached hydrogens (tertiary/aromatic N) is 4. The Morgan fingerprint density at radius 1 is 1.11 bits per heavy atom. The monoisotopic (exact) mass is 513 g/mol. The summed E-state index contributed by atoms with van der Waals surface area (Å²) in [5.74, 6) is 1.70. The summed E-state index contributed by atoms with van der Waals surface area (Å²) in [7, 11) is 2.02. The molecule has 0 amide bonds. The van der Waals surface area contributed by atoms with E-state index >= 15 is 0 Å². The van der Waals surface area contributed by atoms with Crippen LogP contribution >= 0.6 is 22.7 Å². The van der Waals surface area contributed by atoms with Gasteiger partial charge in [-0.1, -0.05) is 18.2 Å². The summed E-state index contributed by atoms with van der Waals surface area (Å²) >= 11 is 3.72. The van der Waals surface area contributed by atoms with Gasteiger partial charge in [0.1, 0.15) is 19.4 Å². The van der Waals surface area contributed by atoms with Gasteiger partial charge in [-0.05, 0) is 66.5 Å². The van der Waals surface area contributed by atoms with Gasteiger partial charge in [0.05, 0.1) is 5.69 Å². The van der Waals surface area contributed by atoms with Crippen LogP contribution in [0.1, 0.15) is 17.7 Å². The van der Waals surface area contributed by atoms with Gasteiger partial charge < -0.3 is 10.4 Å². The lowest BCUT2D eigenvalue weighted by molar-refractivity contribution is 0.174. The first-order valence-electron chi connectivity index (χ1n) is 12.4. The van der Waals surface area contributed by atoms with E-state index in [1.807, 2.05) is 54.2 Å². The number of fused-ring (bicyclic) bond motifs is 1. The fourth-order valence-corrected chi connectivity index (χ4v) is 6.86. The number of aromatic hydroxyl groups is 1. The maximum atomic E-state index is 10.4. The molecule has 4 aromatic heterocycles. The predicted molar refractivity (Wildman–Crippen MR) is 152 cm³/mol. The third kappa shape index (κ3) is 4.78. The van der Waals surface area contributed by atoms with Gasteiger partial charge in [0.15, 0.2) is 5.65 Å². The quantitative estimate of drug-likeness (QED) is 0.315. The summed E-state index contributed by atoms with van der Waals surface area (Å²) in [6.07, 6.45) is 4.27. The molecule has 36 heavy (non-hydrogen) atoms. The topological polar surface area (TPSA) is 65.7 Å². The summed E-state index contributed by atoms with van der Waals surface area (Å²) < 4.78 is 1.87. The van der Waals surface area contributed by atoms with Crippen LogP contribution in [-0.2, 0) is 6.54 Å². The molecule has 0 bridgehead atoms. The number of phenols is 1. The van der Waals surface area contributed by atoms with Crippen LogP contribution in [0, 0.1) is 5.92 Å². The van der Waals surface area contributed by atoms with Crippen LogP contribution < -0.4 is 10.8 Å². The number of nitrogens with one attached hydrogen (secondary N) is 1. The van der Waals surface area contributed by atoms with Crippen molar-refractivity contribution in [3.05, 3.63) is 71.1 Å². The fourth-order valence-electron chi connectivity index (χ4n) is 4.97. The molecule has 5 aromatic rings. The predicted octanol–water partition coefficient (Wildman–Crippen LogP) is 4.47. The number of hydrogen-bond donors (Lipinski definition) is 2. The Kier molecular flexibility index (Phi) is 6.52. The average Bonchev–Trinajstić information content (AvgIpc) is 3.65. The number of hydrogen-bond acceptors (Lipinski definition) is 7. The molecule has 1 fully saturated rings. The van der Waals surface area contributed by atoms with Gasteiger partial charge in [-0.3, -0.25) is 4.90 Å². The summed E-state index contributed by atoms with van der Waals surface area (Å²) in [6.45, 7) is 4.12. The second kappa shape index (κ2) is 10.1. The highest BCUT2D eigenvalue weighted by atomic mass is 32.1. The number of thiophene rings is 2. The standard InChI is InChI=1S/C27H28BN5OS2/c28-21-15-30-33-26(13-22(31-27(21)33)20-6-1-2-7-23(20)34)29-14-18-5-3-11-32(16-18)17-19-9-10-25(36-19)24-8-4-12-35-24/h1-2,4,6-10,12-13,15,18,29,34H,3,5,11,14,16-17,28H2. The Morgan fingerprint density at radius 3 is 2.89 bits per heavy atom. The number of likely N-dealkylation sites (tertiary alicyclic amines) is 1. The normalized spacial score (nSPS) is 16.5. The smallest absolute Gasteiger partial charge is 0.151 e. The Labute approximate surface area is 219 Å². The minimum atomic E-state index is 0.233. The van der Waals surface area contributed by atoms with E-state index in [9.17, 15) is 5.11 Å². The number of anilines is 1. The minimum absolute atomic E-state index is 0.233. The Balaban J connectivity index is 1.16. The van der Waals surface area contributed by atoms with Crippen molar-refractivity contribution in [2.75, 3.05) is 25.0 Å². The molecule has 1 aliphatic rings. The molecule has 0 spiro atoms. The van der Waals surface area contributed by atoms with E-state index in [-0.39, 0.29) is 5.75 Å². The Hall–Kier alpha value is -3.14. The van der Waals surface area contributed by atoms with E-state index in [1.54, 1.807) is 17.4 Å². The van der Waals surface area contributed by atoms with Gasteiger partial charge in [0, 0.05) is 52.1 Å². The first-order chi connectivity index (χ1) is 17.6. The summed E-state index contributed by atoms with van der Waals surface area (Å²) in [5.41, 5.74) is 3.29. The van der Waals surface area contributed by atoms with E-state index in [0.717, 1.165) is 54.4 Å². The molecular formula is C27H28BN5OS2. The molecule has 182 valence electrons. The zero-order valence-corrected chi connectivity index (χ0v) is 21.9. The lowest BCUT2D eigenvalue weighted by Gasteiger charge is -2.32. The Morgan fingerprint density at radius 2 is 2.03 bits per heavy atom. The SMILES string of the molecule is Bc1cnn2c(NCC3CCCN(Cc4ccc(-c5cccs5)s4)C3)cc(-c3ccccc3O)nc12. The minimum Gasteiger partial charge on any atom is -0.507 e. The van der Waals surface area contributed by atoms with E-state index in [2.05, 4.69) is 45.0 Å². The molecule has 6 nitrogen and oxygen atoms in total. The van der Waals surface area contributed by atoms with Gasteiger partial charge >= 0.3 is 0 Å². The molecule has 5 heterocycles. The first kappa shape index (κ1) is 23.3. The van der Waals surface area contributed by atoms with Crippen molar-refractivity contribution in [2.45, 2.75) is 19.4 Å². The van der Waals surface area contributed by atoms with Crippen LogP contribution in [0.4, 0.5) is 5.82 Å². The molecule has 0 saturated carbocycles. The maximum absolute atomic E-state index is 10.4. The number of rotatable bonds is 7. The van der Waals surface area contributed by atoms with Crippen molar-refractivity contribution in [3.8, 4) is 26.8 Å². The number of phenolic OH excluding ortho intramolecular Hbond substituents is 1. The van der Waals surface area contributed by atoms with E-state index in [4.69, 9.17) is 4.98 Å². The zero-order chi connectivity index (χ0) is 24.5. The first-order valence-corrected chi connectivity index (χ1v) is 14.1. The highest BCUT2D eigenvalue weighted by Gasteiger charge is 2.21. The molecule has 1 saturated heterocycles. The largest absolute Gasteiger partial charge is 0.507 e. The van der Waals surface area contributed by atoms with Gasteiger partial charge in [-0.25, -0.2) is 4.98 Å². The lowest BCUT2D eigenvalue weighted by Crippen LogP contribution is -2.37. The molecule has 0 radical (unpaired) electrons. The van der Waals surface area contributed by atoms with Crippen molar-refractivity contribution < 1.29 is 5.11 Å². The van der Waals surface area contributed by atoms with E-state index < -0.39 is 0 Å². The summed E-state index contributed by atoms with van der Waals surface area (Å²) in [5, 5.41) is 20.8. The molecule has 6 rings (SSSR count). The van der Waals surface area contributed by atoms with Crippen LogP contribution in [0.5, 0.6) is 5.75 Å². The van der Waals surface area contributed by atoms with Gasteiger partial charge in [-0.15, -0.1) is 22.7 Å². The summed E-state index contributed by atoms with van der Waals surface area (Å²) in [6, 6.07) is 18.2. The van der Waals surface area contributed by atoms with Gasteiger partial charge in [0.2, 0.25) is 0 Å². The van der Waals surface area contributed by atoms with E-state index in [0.29, 0.717) is 5.92 Å². The third-order valence-corrected chi connectivity index (χ3v) is 8.94. The molecule has 9 heteroatoms. The lowest BCUT2D eigenvalue weighted by atomic mass is 9.98. The average molecular weight is 514 g/mol. The van der Waals surface area contributed by atoms with Crippen LogP contribution in [0.2, 0.25) is 0 Å². The molecule has 0 aliphatic carbocycles. The highest BCUT2D eigenvalue weighted by Crippen LogP contribution is 2.33. The van der Waals surface area contributed by atoms with E-state index in [1.165, 1.54) is 27.5 Å². The second-order valence-electron chi connectivity index (χ2n) is 9.47. The molecule has 1 atom stereocenters. The fraction of sp³-hybridized carbons (Fsp3) is 0.259. The maximum Gasteiger partial charge on any atom is 0.151 e. The molecule has 1 unspecified atom stereocenters.